The quantitative estimate of drug-likeness (QED) is 0.841. The standard InChI is InChI=1S/C16H17F3N2OS/c1-11-8-21(6-7-22-11)9-14-10-23-15(20-14)12-2-4-13(5-3-12)16(17,18)19/h2-5,10-11H,6-9H2,1H3. The van der Waals surface area contributed by atoms with Gasteiger partial charge in [-0.3, -0.25) is 4.90 Å². The molecule has 0 amide bonds. The average Bonchev–Trinajstić information content (AvgIpc) is 2.95. The van der Waals surface area contributed by atoms with E-state index < -0.39 is 11.7 Å². The van der Waals surface area contributed by atoms with Gasteiger partial charge < -0.3 is 4.74 Å². The fraction of sp³-hybridized carbons (Fsp3) is 0.438. The molecule has 1 unspecified atom stereocenters. The highest BCUT2D eigenvalue weighted by Crippen LogP contribution is 2.31. The lowest BCUT2D eigenvalue weighted by molar-refractivity contribution is -0.137. The van der Waals surface area contributed by atoms with Crippen molar-refractivity contribution in [3.63, 3.8) is 0 Å². The van der Waals surface area contributed by atoms with Crippen molar-refractivity contribution in [2.75, 3.05) is 19.7 Å². The van der Waals surface area contributed by atoms with Crippen LogP contribution in [0.5, 0.6) is 0 Å². The van der Waals surface area contributed by atoms with E-state index in [2.05, 4.69) is 9.88 Å². The molecule has 0 N–H and O–H groups in total. The third kappa shape index (κ3) is 4.10. The third-order valence-corrected chi connectivity index (χ3v) is 4.66. The van der Waals surface area contributed by atoms with Gasteiger partial charge in [-0.1, -0.05) is 12.1 Å². The molecular formula is C16H17F3N2OS. The normalized spacial score (nSPS) is 19.9. The first-order chi connectivity index (χ1) is 10.9. The zero-order valence-electron chi connectivity index (χ0n) is 12.6. The smallest absolute Gasteiger partial charge is 0.376 e. The molecule has 124 valence electrons. The SMILES string of the molecule is CC1CN(Cc2csc(-c3ccc(C(F)(F)F)cc3)n2)CCO1. The molecule has 0 spiro atoms. The molecule has 1 fully saturated rings. The molecule has 1 saturated heterocycles. The van der Waals surface area contributed by atoms with Gasteiger partial charge >= 0.3 is 6.18 Å². The van der Waals surface area contributed by atoms with E-state index in [9.17, 15) is 13.2 Å². The summed E-state index contributed by atoms with van der Waals surface area (Å²) in [5, 5.41) is 2.71. The molecule has 1 aromatic heterocycles. The Labute approximate surface area is 136 Å². The van der Waals surface area contributed by atoms with Gasteiger partial charge in [0.25, 0.3) is 0 Å². The number of alkyl halides is 3. The highest BCUT2D eigenvalue weighted by atomic mass is 32.1. The lowest BCUT2D eigenvalue weighted by Crippen LogP contribution is -2.40. The van der Waals surface area contributed by atoms with Crippen LogP contribution in [-0.4, -0.2) is 35.7 Å². The van der Waals surface area contributed by atoms with E-state index in [4.69, 9.17) is 4.74 Å². The summed E-state index contributed by atoms with van der Waals surface area (Å²) in [4.78, 5) is 6.82. The van der Waals surface area contributed by atoms with Crippen molar-refractivity contribution in [2.24, 2.45) is 0 Å². The van der Waals surface area contributed by atoms with Crippen LogP contribution < -0.4 is 0 Å². The van der Waals surface area contributed by atoms with E-state index >= 15 is 0 Å². The lowest BCUT2D eigenvalue weighted by Gasteiger charge is -2.30. The van der Waals surface area contributed by atoms with Crippen molar-refractivity contribution in [1.82, 2.24) is 9.88 Å². The molecule has 1 aliphatic heterocycles. The number of hydrogen-bond acceptors (Lipinski definition) is 4. The second-order valence-corrected chi connectivity index (χ2v) is 6.49. The molecule has 2 aromatic rings. The van der Waals surface area contributed by atoms with Crippen molar-refractivity contribution in [2.45, 2.75) is 25.7 Å². The van der Waals surface area contributed by atoms with Crippen molar-refractivity contribution >= 4 is 11.3 Å². The van der Waals surface area contributed by atoms with Crippen LogP contribution in [0, 0.1) is 0 Å². The first-order valence-corrected chi connectivity index (χ1v) is 8.26. The number of nitrogens with zero attached hydrogens (tertiary/aromatic N) is 2. The van der Waals surface area contributed by atoms with Crippen LogP contribution in [0.15, 0.2) is 29.6 Å². The maximum Gasteiger partial charge on any atom is 0.416 e. The molecule has 3 nitrogen and oxygen atoms in total. The van der Waals surface area contributed by atoms with Crippen molar-refractivity contribution < 1.29 is 17.9 Å². The number of rotatable bonds is 3. The maximum atomic E-state index is 12.6. The van der Waals surface area contributed by atoms with Crippen LogP contribution in [0.4, 0.5) is 13.2 Å². The van der Waals surface area contributed by atoms with Gasteiger partial charge in [-0.2, -0.15) is 13.2 Å². The first-order valence-electron chi connectivity index (χ1n) is 7.38. The number of aromatic nitrogens is 1. The zero-order chi connectivity index (χ0) is 16.4. The fourth-order valence-electron chi connectivity index (χ4n) is 2.58. The van der Waals surface area contributed by atoms with Gasteiger partial charge in [-0.25, -0.2) is 4.98 Å². The summed E-state index contributed by atoms with van der Waals surface area (Å²) in [5.41, 5.74) is 1.02. The molecule has 0 bridgehead atoms. The Kier molecular flexibility index (Phi) is 4.70. The minimum Gasteiger partial charge on any atom is -0.376 e. The van der Waals surface area contributed by atoms with Gasteiger partial charge in [0.1, 0.15) is 5.01 Å². The molecule has 0 aliphatic carbocycles. The fourth-order valence-corrected chi connectivity index (χ4v) is 3.39. The number of morpholine rings is 1. The van der Waals surface area contributed by atoms with Crippen molar-refractivity contribution in [1.29, 1.82) is 0 Å². The molecule has 2 heterocycles. The van der Waals surface area contributed by atoms with Crippen LogP contribution in [0.2, 0.25) is 0 Å². The van der Waals surface area contributed by atoms with Gasteiger partial charge in [0.2, 0.25) is 0 Å². The first kappa shape index (κ1) is 16.4. The van der Waals surface area contributed by atoms with Crippen LogP contribution >= 0.6 is 11.3 Å². The molecule has 23 heavy (non-hydrogen) atoms. The topological polar surface area (TPSA) is 25.4 Å². The predicted molar refractivity (Wildman–Crippen MR) is 83.2 cm³/mol. The molecular weight excluding hydrogens is 325 g/mol. The number of halogens is 3. The monoisotopic (exact) mass is 342 g/mol. The molecule has 7 heteroatoms. The summed E-state index contributed by atoms with van der Waals surface area (Å²) in [5.74, 6) is 0. The van der Waals surface area contributed by atoms with Gasteiger partial charge in [-0.15, -0.1) is 11.3 Å². The van der Waals surface area contributed by atoms with Crippen LogP contribution in [0.3, 0.4) is 0 Å². The van der Waals surface area contributed by atoms with Crippen LogP contribution in [0.25, 0.3) is 10.6 Å². The third-order valence-electron chi connectivity index (χ3n) is 3.72. The Bertz CT molecular complexity index is 654. The summed E-state index contributed by atoms with van der Waals surface area (Å²) in [6, 6.07) is 5.14. The number of ether oxygens (including phenoxy) is 1. The van der Waals surface area contributed by atoms with E-state index in [0.29, 0.717) is 5.56 Å². The molecule has 1 aliphatic rings. The van der Waals surface area contributed by atoms with E-state index in [-0.39, 0.29) is 6.10 Å². The largest absolute Gasteiger partial charge is 0.416 e. The van der Waals surface area contributed by atoms with E-state index in [1.807, 2.05) is 12.3 Å². The highest BCUT2D eigenvalue weighted by Gasteiger charge is 2.30. The summed E-state index contributed by atoms with van der Waals surface area (Å²) < 4.78 is 43.3. The van der Waals surface area contributed by atoms with Gasteiger partial charge in [0, 0.05) is 30.6 Å². The van der Waals surface area contributed by atoms with Crippen molar-refractivity contribution in [3.05, 3.63) is 40.9 Å². The minimum absolute atomic E-state index is 0.219. The Morgan fingerprint density at radius 3 is 2.70 bits per heavy atom. The zero-order valence-corrected chi connectivity index (χ0v) is 13.5. The Morgan fingerprint density at radius 1 is 1.30 bits per heavy atom. The van der Waals surface area contributed by atoms with Crippen LogP contribution in [0.1, 0.15) is 18.2 Å². The molecule has 1 aromatic carbocycles. The second kappa shape index (κ2) is 6.59. The summed E-state index contributed by atoms with van der Waals surface area (Å²) in [6.07, 6.45) is -4.09. The molecule has 3 rings (SSSR count). The summed E-state index contributed by atoms with van der Waals surface area (Å²) >= 11 is 1.46. The van der Waals surface area contributed by atoms with Gasteiger partial charge in [0.15, 0.2) is 0 Å². The molecule has 0 saturated carbocycles. The Morgan fingerprint density at radius 2 is 2.04 bits per heavy atom. The number of thiazole rings is 1. The predicted octanol–water partition coefficient (Wildman–Crippen LogP) is 4.05. The van der Waals surface area contributed by atoms with Gasteiger partial charge in [0.05, 0.1) is 24.0 Å². The summed E-state index contributed by atoms with van der Waals surface area (Å²) in [6.45, 7) is 5.24. The van der Waals surface area contributed by atoms with Crippen molar-refractivity contribution in [3.8, 4) is 10.6 Å². The number of hydrogen-bond donors (Lipinski definition) is 0. The lowest BCUT2D eigenvalue weighted by atomic mass is 10.1. The molecule has 1 atom stereocenters. The second-order valence-electron chi connectivity index (χ2n) is 5.64. The summed E-state index contributed by atoms with van der Waals surface area (Å²) in [7, 11) is 0. The average molecular weight is 342 g/mol. The molecule has 0 radical (unpaired) electrons. The maximum absolute atomic E-state index is 12.6. The van der Waals surface area contributed by atoms with E-state index in [1.54, 1.807) is 0 Å². The van der Waals surface area contributed by atoms with E-state index in [0.717, 1.165) is 49.1 Å². The van der Waals surface area contributed by atoms with Gasteiger partial charge in [-0.05, 0) is 19.1 Å². The highest BCUT2D eigenvalue weighted by molar-refractivity contribution is 7.13. The minimum atomic E-state index is -4.31. The van der Waals surface area contributed by atoms with E-state index in [1.165, 1.54) is 23.5 Å². The Hall–Kier alpha value is -1.44. The number of benzene rings is 1. The van der Waals surface area contributed by atoms with Crippen LogP contribution in [-0.2, 0) is 17.5 Å². The Balaban J connectivity index is 1.69.